The van der Waals surface area contributed by atoms with Gasteiger partial charge >= 0.3 is 5.97 Å². The van der Waals surface area contributed by atoms with Gasteiger partial charge in [0.1, 0.15) is 17.3 Å². The molecule has 4 aromatic rings. The molecule has 0 aliphatic rings. The van der Waals surface area contributed by atoms with Crippen LogP contribution in [0, 0.1) is 0 Å². The molecule has 3 aromatic carbocycles. The van der Waals surface area contributed by atoms with Crippen LogP contribution in [0.15, 0.2) is 72.8 Å². The number of hydrogen-bond acceptors (Lipinski definition) is 3. The van der Waals surface area contributed by atoms with Crippen molar-refractivity contribution in [1.82, 2.24) is 9.55 Å². The van der Waals surface area contributed by atoms with E-state index in [2.05, 4.69) is 4.98 Å². The lowest BCUT2D eigenvalue weighted by molar-refractivity contribution is -0.137. The number of carboxylic acids is 1. The lowest BCUT2D eigenvalue weighted by Crippen LogP contribution is -2.03. The van der Waals surface area contributed by atoms with Gasteiger partial charge in [-0.25, -0.2) is 4.98 Å². The zero-order chi connectivity index (χ0) is 19.5. The van der Waals surface area contributed by atoms with Crippen molar-refractivity contribution in [2.75, 3.05) is 0 Å². The lowest BCUT2D eigenvalue weighted by Gasteiger charge is -2.11. The molecule has 0 saturated heterocycles. The fourth-order valence-electron chi connectivity index (χ4n) is 3.27. The topological polar surface area (TPSA) is 64.4 Å². The number of benzene rings is 3. The van der Waals surface area contributed by atoms with Crippen molar-refractivity contribution in [2.24, 2.45) is 7.05 Å². The molecular formula is C23H20N2O3. The number of fused-ring (bicyclic) bond motifs is 1. The molecule has 5 nitrogen and oxygen atoms in total. The van der Waals surface area contributed by atoms with Crippen molar-refractivity contribution in [1.29, 1.82) is 0 Å². The molecule has 0 saturated carbocycles. The van der Waals surface area contributed by atoms with E-state index in [-0.39, 0.29) is 6.42 Å². The molecule has 0 bridgehead atoms. The number of aromatic nitrogens is 2. The first kappa shape index (κ1) is 17.8. The smallest absolute Gasteiger partial charge is 0.303 e. The molecular weight excluding hydrogens is 352 g/mol. The Morgan fingerprint density at radius 1 is 1.04 bits per heavy atom. The summed E-state index contributed by atoms with van der Waals surface area (Å²) in [5.74, 6) is 1.50. The summed E-state index contributed by atoms with van der Waals surface area (Å²) >= 11 is 0. The van der Waals surface area contributed by atoms with E-state index in [4.69, 9.17) is 9.84 Å². The van der Waals surface area contributed by atoms with Crippen LogP contribution in [-0.2, 0) is 18.3 Å². The number of hydrogen-bond donors (Lipinski definition) is 1. The van der Waals surface area contributed by atoms with Gasteiger partial charge in [-0.2, -0.15) is 0 Å². The molecule has 0 amide bonds. The molecule has 0 atom stereocenters. The predicted octanol–water partition coefficient (Wildman–Crippen LogP) is 5.05. The highest BCUT2D eigenvalue weighted by Gasteiger charge is 2.12. The molecule has 0 aliphatic carbocycles. The van der Waals surface area contributed by atoms with Gasteiger partial charge in [-0.15, -0.1) is 0 Å². The van der Waals surface area contributed by atoms with Gasteiger partial charge in [0.15, 0.2) is 0 Å². The average molecular weight is 372 g/mol. The molecule has 0 spiro atoms. The van der Waals surface area contributed by atoms with Gasteiger partial charge in [0.25, 0.3) is 0 Å². The molecule has 0 fully saturated rings. The van der Waals surface area contributed by atoms with Crippen LogP contribution in [0.1, 0.15) is 12.2 Å². The minimum absolute atomic E-state index is 0.0672. The Morgan fingerprint density at radius 2 is 1.79 bits per heavy atom. The summed E-state index contributed by atoms with van der Waals surface area (Å²) in [7, 11) is 1.92. The standard InChI is InChI=1S/C23H20N2O3/c1-25-20-12-11-16(15-19(20)24-22(25)13-14-23(26)27)18-9-5-6-10-21(18)28-17-7-3-2-4-8-17/h2-12,15H,13-14H2,1H3,(H,26,27). The first-order valence-corrected chi connectivity index (χ1v) is 9.11. The van der Waals surface area contributed by atoms with Crippen LogP contribution in [0.25, 0.3) is 22.2 Å². The molecule has 0 aliphatic heterocycles. The zero-order valence-corrected chi connectivity index (χ0v) is 15.5. The predicted molar refractivity (Wildman–Crippen MR) is 109 cm³/mol. The molecule has 5 heteroatoms. The maximum atomic E-state index is 10.9. The lowest BCUT2D eigenvalue weighted by atomic mass is 10.0. The van der Waals surface area contributed by atoms with E-state index in [9.17, 15) is 4.79 Å². The molecule has 1 heterocycles. The van der Waals surface area contributed by atoms with Gasteiger partial charge in [0.05, 0.1) is 17.5 Å². The van der Waals surface area contributed by atoms with E-state index in [0.29, 0.717) is 6.42 Å². The number of aryl methyl sites for hydroxylation is 2. The van der Waals surface area contributed by atoms with Crippen molar-refractivity contribution in [2.45, 2.75) is 12.8 Å². The number of ether oxygens (including phenoxy) is 1. The van der Waals surface area contributed by atoms with E-state index >= 15 is 0 Å². The maximum Gasteiger partial charge on any atom is 0.303 e. The molecule has 0 radical (unpaired) electrons. The van der Waals surface area contributed by atoms with Crippen molar-refractivity contribution in [3.05, 3.63) is 78.6 Å². The highest BCUT2D eigenvalue weighted by atomic mass is 16.5. The minimum Gasteiger partial charge on any atom is -0.481 e. The molecule has 0 unspecified atom stereocenters. The molecule has 1 aromatic heterocycles. The Hall–Kier alpha value is -3.60. The second-order valence-electron chi connectivity index (χ2n) is 6.60. The highest BCUT2D eigenvalue weighted by molar-refractivity contribution is 5.84. The maximum absolute atomic E-state index is 10.9. The van der Waals surface area contributed by atoms with Gasteiger partial charge in [0, 0.05) is 19.0 Å². The monoisotopic (exact) mass is 372 g/mol. The van der Waals surface area contributed by atoms with Gasteiger partial charge in [-0.3, -0.25) is 4.79 Å². The van der Waals surface area contributed by atoms with Crippen molar-refractivity contribution >= 4 is 17.0 Å². The molecule has 28 heavy (non-hydrogen) atoms. The number of para-hydroxylation sites is 2. The van der Waals surface area contributed by atoms with E-state index in [1.807, 2.05) is 84.4 Å². The first-order valence-electron chi connectivity index (χ1n) is 9.11. The Labute approximate surface area is 162 Å². The average Bonchev–Trinajstić information content (AvgIpc) is 3.03. The third-order valence-electron chi connectivity index (χ3n) is 4.70. The summed E-state index contributed by atoms with van der Waals surface area (Å²) in [6.45, 7) is 0. The van der Waals surface area contributed by atoms with Crippen LogP contribution in [0.2, 0.25) is 0 Å². The Balaban J connectivity index is 1.71. The summed E-state index contributed by atoms with van der Waals surface area (Å²) in [4.78, 5) is 15.5. The third kappa shape index (κ3) is 3.60. The van der Waals surface area contributed by atoms with E-state index in [0.717, 1.165) is 39.5 Å². The van der Waals surface area contributed by atoms with Crippen LogP contribution in [0.4, 0.5) is 0 Å². The van der Waals surface area contributed by atoms with Crippen LogP contribution in [-0.4, -0.2) is 20.6 Å². The fraction of sp³-hybridized carbons (Fsp3) is 0.130. The van der Waals surface area contributed by atoms with Crippen LogP contribution < -0.4 is 4.74 Å². The minimum atomic E-state index is -0.820. The number of carboxylic acid groups (broad SMARTS) is 1. The molecule has 4 rings (SSSR count). The number of carbonyl (C=O) groups is 1. The number of rotatable bonds is 6. The number of aliphatic carboxylic acids is 1. The zero-order valence-electron chi connectivity index (χ0n) is 15.5. The van der Waals surface area contributed by atoms with Crippen molar-refractivity contribution in [3.8, 4) is 22.6 Å². The normalized spacial score (nSPS) is 10.9. The van der Waals surface area contributed by atoms with Crippen molar-refractivity contribution in [3.63, 3.8) is 0 Å². The van der Waals surface area contributed by atoms with E-state index < -0.39 is 5.97 Å². The third-order valence-corrected chi connectivity index (χ3v) is 4.70. The quantitative estimate of drug-likeness (QED) is 0.514. The summed E-state index contributed by atoms with van der Waals surface area (Å²) in [6.07, 6.45) is 0.474. The van der Waals surface area contributed by atoms with Gasteiger partial charge in [-0.1, -0.05) is 42.5 Å². The summed E-state index contributed by atoms with van der Waals surface area (Å²) in [6, 6.07) is 23.7. The summed E-state index contributed by atoms with van der Waals surface area (Å²) in [5, 5.41) is 8.93. The largest absolute Gasteiger partial charge is 0.481 e. The Morgan fingerprint density at radius 3 is 2.57 bits per heavy atom. The van der Waals surface area contributed by atoms with Gasteiger partial charge < -0.3 is 14.4 Å². The van der Waals surface area contributed by atoms with Crippen LogP contribution in [0.5, 0.6) is 11.5 Å². The highest BCUT2D eigenvalue weighted by Crippen LogP contribution is 2.34. The summed E-state index contributed by atoms with van der Waals surface area (Å²) < 4.78 is 8.03. The first-order chi connectivity index (χ1) is 13.6. The van der Waals surface area contributed by atoms with Crippen LogP contribution in [0.3, 0.4) is 0 Å². The second kappa shape index (κ2) is 7.56. The number of imidazole rings is 1. The Kier molecular flexibility index (Phi) is 4.81. The van der Waals surface area contributed by atoms with E-state index in [1.165, 1.54) is 0 Å². The van der Waals surface area contributed by atoms with E-state index in [1.54, 1.807) is 0 Å². The van der Waals surface area contributed by atoms with Gasteiger partial charge in [0.2, 0.25) is 0 Å². The van der Waals surface area contributed by atoms with Crippen LogP contribution >= 0.6 is 0 Å². The van der Waals surface area contributed by atoms with Gasteiger partial charge in [-0.05, 0) is 35.9 Å². The molecule has 1 N–H and O–H groups in total. The summed E-state index contributed by atoms with van der Waals surface area (Å²) in [5.41, 5.74) is 3.80. The molecule has 140 valence electrons. The second-order valence-corrected chi connectivity index (χ2v) is 6.60. The fourth-order valence-corrected chi connectivity index (χ4v) is 3.27. The van der Waals surface area contributed by atoms with Crippen molar-refractivity contribution < 1.29 is 14.6 Å². The number of nitrogens with zero attached hydrogens (tertiary/aromatic N) is 2. The Bertz CT molecular complexity index is 1130. The SMILES string of the molecule is Cn1c(CCC(=O)O)nc2cc(-c3ccccc3Oc3ccccc3)ccc21.